The fourth-order valence-corrected chi connectivity index (χ4v) is 3.97. The maximum Gasteiger partial charge on any atom is 0.335 e. The number of nitrogens with one attached hydrogen (secondary N) is 1. The van der Waals surface area contributed by atoms with E-state index >= 15 is 0 Å². The van der Waals surface area contributed by atoms with E-state index in [0.29, 0.717) is 12.8 Å². The van der Waals surface area contributed by atoms with Gasteiger partial charge in [0.15, 0.2) is 9.84 Å². The number of sulfone groups is 1. The van der Waals surface area contributed by atoms with Crippen LogP contribution in [0.15, 0.2) is 18.2 Å². The van der Waals surface area contributed by atoms with Crippen LogP contribution in [0.4, 0.5) is 10.1 Å². The number of aromatic carboxylic acids is 1. The SMILES string of the molecule is CS(=O)(=O)C1CCCC1Nc1cc(C(=O)O)ccc1F. The maximum absolute atomic E-state index is 13.7. The molecule has 1 aromatic carbocycles. The van der Waals surface area contributed by atoms with Crippen LogP contribution < -0.4 is 5.32 Å². The molecule has 0 spiro atoms. The first-order valence-electron chi connectivity index (χ1n) is 6.27. The summed E-state index contributed by atoms with van der Waals surface area (Å²) in [5.74, 6) is -1.74. The molecule has 2 unspecified atom stereocenters. The third-order valence-electron chi connectivity index (χ3n) is 3.56. The van der Waals surface area contributed by atoms with Gasteiger partial charge in [0.05, 0.1) is 16.5 Å². The Hall–Kier alpha value is -1.63. The number of rotatable bonds is 4. The minimum atomic E-state index is -3.21. The zero-order valence-electron chi connectivity index (χ0n) is 11.0. The van der Waals surface area contributed by atoms with E-state index in [9.17, 15) is 17.6 Å². The Bertz CT molecular complexity index is 629. The molecule has 1 aliphatic rings. The first kappa shape index (κ1) is 14.8. The highest BCUT2D eigenvalue weighted by atomic mass is 32.2. The standard InChI is InChI=1S/C13H16FNO4S/c1-20(18,19)12-4-2-3-10(12)15-11-7-8(13(16)17)5-6-9(11)14/h5-7,10,12,15H,2-4H2,1H3,(H,16,17). The van der Waals surface area contributed by atoms with Crippen molar-refractivity contribution in [2.24, 2.45) is 0 Å². The molecule has 0 amide bonds. The minimum Gasteiger partial charge on any atom is -0.478 e. The number of benzene rings is 1. The van der Waals surface area contributed by atoms with Gasteiger partial charge in [0.25, 0.3) is 0 Å². The molecule has 110 valence electrons. The van der Waals surface area contributed by atoms with Crippen LogP contribution in [0.25, 0.3) is 0 Å². The molecular weight excluding hydrogens is 285 g/mol. The van der Waals surface area contributed by atoms with Gasteiger partial charge >= 0.3 is 5.97 Å². The lowest BCUT2D eigenvalue weighted by Gasteiger charge is -2.21. The summed E-state index contributed by atoms with van der Waals surface area (Å²) in [7, 11) is -3.21. The molecule has 1 saturated carbocycles. The maximum atomic E-state index is 13.7. The molecule has 1 aromatic rings. The number of hydrogen-bond donors (Lipinski definition) is 2. The second-order valence-corrected chi connectivity index (χ2v) is 7.31. The molecule has 5 nitrogen and oxygen atoms in total. The van der Waals surface area contributed by atoms with Crippen molar-refractivity contribution in [2.45, 2.75) is 30.6 Å². The average molecular weight is 301 g/mol. The highest BCUT2D eigenvalue weighted by Crippen LogP contribution is 2.29. The normalized spacial score (nSPS) is 22.7. The van der Waals surface area contributed by atoms with E-state index in [-0.39, 0.29) is 17.3 Å². The molecular formula is C13H16FNO4S. The largest absolute Gasteiger partial charge is 0.478 e. The Morgan fingerprint density at radius 1 is 1.40 bits per heavy atom. The Labute approximate surface area is 116 Å². The third kappa shape index (κ3) is 3.09. The summed E-state index contributed by atoms with van der Waals surface area (Å²) < 4.78 is 37.0. The van der Waals surface area contributed by atoms with Crippen LogP contribution in [0.3, 0.4) is 0 Å². The molecule has 0 heterocycles. The summed E-state index contributed by atoms with van der Waals surface area (Å²) in [6, 6.07) is 3.04. The minimum absolute atomic E-state index is 0.0328. The Morgan fingerprint density at radius 2 is 2.10 bits per heavy atom. The van der Waals surface area contributed by atoms with Crippen molar-refractivity contribution < 1.29 is 22.7 Å². The number of carboxylic acid groups (broad SMARTS) is 1. The lowest BCUT2D eigenvalue weighted by Crippen LogP contribution is -2.34. The quantitative estimate of drug-likeness (QED) is 0.887. The zero-order valence-corrected chi connectivity index (χ0v) is 11.8. The van der Waals surface area contributed by atoms with Gasteiger partial charge < -0.3 is 10.4 Å². The van der Waals surface area contributed by atoms with E-state index < -0.39 is 26.9 Å². The van der Waals surface area contributed by atoms with Crippen molar-refractivity contribution >= 4 is 21.5 Å². The summed E-state index contributed by atoms with van der Waals surface area (Å²) in [6.07, 6.45) is 3.07. The van der Waals surface area contributed by atoms with Gasteiger partial charge in [-0.25, -0.2) is 17.6 Å². The number of carboxylic acids is 1. The molecule has 2 atom stereocenters. The molecule has 0 bridgehead atoms. The Balaban J connectivity index is 2.25. The lowest BCUT2D eigenvalue weighted by atomic mass is 10.1. The number of carbonyl (C=O) groups is 1. The van der Waals surface area contributed by atoms with Gasteiger partial charge in [-0.1, -0.05) is 0 Å². The Morgan fingerprint density at radius 3 is 2.70 bits per heavy atom. The van der Waals surface area contributed by atoms with E-state index in [1.807, 2.05) is 0 Å². The van der Waals surface area contributed by atoms with E-state index in [1.165, 1.54) is 18.4 Å². The second-order valence-electron chi connectivity index (χ2n) is 5.05. The zero-order chi connectivity index (χ0) is 14.9. The molecule has 0 saturated heterocycles. The van der Waals surface area contributed by atoms with Crippen LogP contribution in [0.2, 0.25) is 0 Å². The van der Waals surface area contributed by atoms with E-state index in [4.69, 9.17) is 5.11 Å². The average Bonchev–Trinajstić information content (AvgIpc) is 2.79. The van der Waals surface area contributed by atoms with E-state index in [1.54, 1.807) is 0 Å². The molecule has 0 aromatic heterocycles. The molecule has 0 radical (unpaired) electrons. The van der Waals surface area contributed by atoms with Crippen LogP contribution in [0.1, 0.15) is 29.6 Å². The second kappa shape index (κ2) is 5.40. The molecule has 0 aliphatic heterocycles. The van der Waals surface area contributed by atoms with Crippen molar-refractivity contribution in [1.82, 2.24) is 0 Å². The molecule has 7 heteroatoms. The third-order valence-corrected chi connectivity index (χ3v) is 5.22. The van der Waals surface area contributed by atoms with Gasteiger partial charge in [0.1, 0.15) is 5.82 Å². The molecule has 1 fully saturated rings. The van der Waals surface area contributed by atoms with Crippen LogP contribution >= 0.6 is 0 Å². The molecule has 1 aliphatic carbocycles. The van der Waals surface area contributed by atoms with Crippen molar-refractivity contribution in [2.75, 3.05) is 11.6 Å². The summed E-state index contributed by atoms with van der Waals surface area (Å²) in [5.41, 5.74) is -0.00625. The topological polar surface area (TPSA) is 83.5 Å². The van der Waals surface area contributed by atoms with Crippen LogP contribution in [0, 0.1) is 5.82 Å². The van der Waals surface area contributed by atoms with Crippen molar-refractivity contribution in [3.63, 3.8) is 0 Å². The summed E-state index contributed by atoms with van der Waals surface area (Å²) in [5, 5.41) is 11.2. The fraction of sp³-hybridized carbons (Fsp3) is 0.462. The first-order chi connectivity index (χ1) is 9.29. The van der Waals surface area contributed by atoms with Gasteiger partial charge in [-0.05, 0) is 37.5 Å². The van der Waals surface area contributed by atoms with Crippen molar-refractivity contribution in [1.29, 1.82) is 0 Å². The predicted molar refractivity (Wildman–Crippen MR) is 73.3 cm³/mol. The van der Waals surface area contributed by atoms with Crippen molar-refractivity contribution in [3.05, 3.63) is 29.6 Å². The Kier molecular flexibility index (Phi) is 3.99. The summed E-state index contributed by atoms with van der Waals surface area (Å²) >= 11 is 0. The molecule has 20 heavy (non-hydrogen) atoms. The highest BCUT2D eigenvalue weighted by Gasteiger charge is 2.35. The fourth-order valence-electron chi connectivity index (χ4n) is 2.57. The summed E-state index contributed by atoms with van der Waals surface area (Å²) in [4.78, 5) is 10.9. The van der Waals surface area contributed by atoms with Gasteiger partial charge in [-0.2, -0.15) is 0 Å². The monoisotopic (exact) mass is 301 g/mol. The van der Waals surface area contributed by atoms with Crippen molar-refractivity contribution in [3.8, 4) is 0 Å². The molecule has 2 rings (SSSR count). The van der Waals surface area contributed by atoms with Gasteiger partial charge in [0, 0.05) is 12.3 Å². The van der Waals surface area contributed by atoms with Gasteiger partial charge in [-0.3, -0.25) is 0 Å². The number of halogens is 1. The number of hydrogen-bond acceptors (Lipinski definition) is 4. The van der Waals surface area contributed by atoms with Gasteiger partial charge in [0.2, 0.25) is 0 Å². The van der Waals surface area contributed by atoms with Gasteiger partial charge in [-0.15, -0.1) is 0 Å². The molecule has 2 N–H and O–H groups in total. The van der Waals surface area contributed by atoms with Crippen LogP contribution in [-0.4, -0.2) is 37.0 Å². The van der Waals surface area contributed by atoms with Crippen LogP contribution in [0.5, 0.6) is 0 Å². The van der Waals surface area contributed by atoms with E-state index in [0.717, 1.165) is 12.5 Å². The van der Waals surface area contributed by atoms with E-state index in [2.05, 4.69) is 5.32 Å². The lowest BCUT2D eigenvalue weighted by molar-refractivity contribution is 0.0697. The first-order valence-corrected chi connectivity index (χ1v) is 8.23. The smallest absolute Gasteiger partial charge is 0.335 e. The predicted octanol–water partition coefficient (Wildman–Crippen LogP) is 1.90. The highest BCUT2D eigenvalue weighted by molar-refractivity contribution is 7.91. The van der Waals surface area contributed by atoms with Crippen LogP contribution in [-0.2, 0) is 9.84 Å². The number of anilines is 1. The summed E-state index contributed by atoms with van der Waals surface area (Å²) in [6.45, 7) is 0.